The quantitative estimate of drug-likeness (QED) is 0.619. The number of fused-ring (bicyclic) bond motifs is 1. The van der Waals surface area contributed by atoms with Crippen LogP contribution in [0.15, 0.2) is 11.6 Å². The van der Waals surface area contributed by atoms with Crippen molar-refractivity contribution in [3.63, 3.8) is 0 Å². The minimum Gasteiger partial charge on any atom is -0.462 e. The molecule has 0 spiro atoms. The van der Waals surface area contributed by atoms with Crippen molar-refractivity contribution in [2.75, 3.05) is 0 Å². The average molecular weight is 208 g/mol. The van der Waals surface area contributed by atoms with Gasteiger partial charge in [-0.1, -0.05) is 12.5 Å². The highest BCUT2D eigenvalue weighted by Gasteiger charge is 2.46. The third-order valence-electron chi connectivity index (χ3n) is 3.65. The van der Waals surface area contributed by atoms with Crippen molar-refractivity contribution < 1.29 is 14.3 Å². The highest BCUT2D eigenvalue weighted by atomic mass is 16.5. The van der Waals surface area contributed by atoms with E-state index < -0.39 is 0 Å². The van der Waals surface area contributed by atoms with Gasteiger partial charge in [0.2, 0.25) is 0 Å². The van der Waals surface area contributed by atoms with Gasteiger partial charge in [0.15, 0.2) is 5.78 Å². The average Bonchev–Trinajstić information content (AvgIpc) is 2.44. The summed E-state index contributed by atoms with van der Waals surface area (Å²) >= 11 is 0. The standard InChI is InChI=1S/C12H16O3/c1-8(13)15-11-4-3-9-7-10(14)5-6-12(9,11)2/h7,11H,3-6H2,1-2H3/t11-,12+/m0/s1. The van der Waals surface area contributed by atoms with Gasteiger partial charge in [0, 0.05) is 18.8 Å². The Morgan fingerprint density at radius 1 is 1.53 bits per heavy atom. The molecule has 0 amide bonds. The Morgan fingerprint density at radius 2 is 2.27 bits per heavy atom. The fraction of sp³-hybridized carbons (Fsp3) is 0.667. The van der Waals surface area contributed by atoms with Gasteiger partial charge in [-0.3, -0.25) is 9.59 Å². The summed E-state index contributed by atoms with van der Waals surface area (Å²) in [4.78, 5) is 22.3. The lowest BCUT2D eigenvalue weighted by atomic mass is 9.74. The molecule has 82 valence electrons. The van der Waals surface area contributed by atoms with Crippen LogP contribution < -0.4 is 0 Å². The molecule has 0 aromatic heterocycles. The summed E-state index contributed by atoms with van der Waals surface area (Å²) in [7, 11) is 0. The Labute approximate surface area is 89.5 Å². The van der Waals surface area contributed by atoms with Crippen molar-refractivity contribution in [1.82, 2.24) is 0 Å². The molecule has 0 bridgehead atoms. The number of ether oxygens (including phenoxy) is 1. The molecule has 0 radical (unpaired) electrons. The number of esters is 1. The second kappa shape index (κ2) is 3.47. The van der Waals surface area contributed by atoms with E-state index in [9.17, 15) is 9.59 Å². The molecule has 3 heteroatoms. The fourth-order valence-corrected chi connectivity index (χ4v) is 2.69. The topological polar surface area (TPSA) is 43.4 Å². The van der Waals surface area contributed by atoms with Crippen LogP contribution in [0.4, 0.5) is 0 Å². The summed E-state index contributed by atoms with van der Waals surface area (Å²) in [5.41, 5.74) is 1.09. The molecular formula is C12H16O3. The Balaban J connectivity index is 2.23. The van der Waals surface area contributed by atoms with E-state index in [2.05, 4.69) is 6.92 Å². The van der Waals surface area contributed by atoms with Crippen molar-refractivity contribution in [1.29, 1.82) is 0 Å². The van der Waals surface area contributed by atoms with Crippen molar-refractivity contribution in [3.05, 3.63) is 11.6 Å². The third kappa shape index (κ3) is 1.71. The maximum atomic E-state index is 11.3. The molecule has 2 aliphatic rings. The Bertz CT molecular complexity index is 343. The first-order valence-electron chi connectivity index (χ1n) is 5.43. The van der Waals surface area contributed by atoms with Crippen molar-refractivity contribution in [3.8, 4) is 0 Å². The first-order valence-corrected chi connectivity index (χ1v) is 5.43. The summed E-state index contributed by atoms with van der Waals surface area (Å²) in [6.07, 6.45) is 4.87. The number of carbonyl (C=O) groups excluding carboxylic acids is 2. The Kier molecular flexibility index (Phi) is 2.41. The van der Waals surface area contributed by atoms with E-state index in [0.717, 1.165) is 19.3 Å². The number of allylic oxidation sites excluding steroid dienone is 1. The molecule has 3 nitrogen and oxygen atoms in total. The van der Waals surface area contributed by atoms with Gasteiger partial charge in [-0.25, -0.2) is 0 Å². The van der Waals surface area contributed by atoms with E-state index in [1.165, 1.54) is 12.5 Å². The molecule has 2 rings (SSSR count). The number of ketones is 1. The van der Waals surface area contributed by atoms with Crippen LogP contribution in [0.2, 0.25) is 0 Å². The maximum absolute atomic E-state index is 11.3. The lowest BCUT2D eigenvalue weighted by molar-refractivity contribution is -0.150. The maximum Gasteiger partial charge on any atom is 0.302 e. The summed E-state index contributed by atoms with van der Waals surface area (Å²) < 4.78 is 5.33. The number of rotatable bonds is 1. The molecule has 1 saturated carbocycles. The van der Waals surface area contributed by atoms with Gasteiger partial charge in [-0.2, -0.15) is 0 Å². The van der Waals surface area contributed by atoms with Gasteiger partial charge in [-0.05, 0) is 25.3 Å². The second-order valence-corrected chi connectivity index (χ2v) is 4.69. The van der Waals surface area contributed by atoms with E-state index in [1.54, 1.807) is 6.08 Å². The predicted octanol–water partition coefficient (Wildman–Crippen LogP) is 2.01. The van der Waals surface area contributed by atoms with Crippen molar-refractivity contribution in [2.45, 2.75) is 45.6 Å². The zero-order valence-electron chi connectivity index (χ0n) is 9.21. The highest BCUT2D eigenvalue weighted by Crippen LogP contribution is 2.49. The first-order chi connectivity index (χ1) is 7.02. The monoisotopic (exact) mass is 208 g/mol. The zero-order valence-corrected chi connectivity index (χ0v) is 9.21. The molecule has 15 heavy (non-hydrogen) atoms. The van der Waals surface area contributed by atoms with E-state index in [-0.39, 0.29) is 23.3 Å². The van der Waals surface area contributed by atoms with Gasteiger partial charge in [0.25, 0.3) is 0 Å². The second-order valence-electron chi connectivity index (χ2n) is 4.69. The van der Waals surface area contributed by atoms with Crippen LogP contribution >= 0.6 is 0 Å². The summed E-state index contributed by atoms with van der Waals surface area (Å²) in [6.45, 7) is 3.55. The molecule has 1 fully saturated rings. The van der Waals surface area contributed by atoms with E-state index >= 15 is 0 Å². The smallest absolute Gasteiger partial charge is 0.302 e. The van der Waals surface area contributed by atoms with Crippen LogP contribution in [0.1, 0.15) is 39.5 Å². The summed E-state index contributed by atoms with van der Waals surface area (Å²) in [5, 5.41) is 0. The molecule has 0 aromatic carbocycles. The van der Waals surface area contributed by atoms with E-state index in [4.69, 9.17) is 4.74 Å². The highest BCUT2D eigenvalue weighted by molar-refractivity contribution is 5.91. The van der Waals surface area contributed by atoms with Gasteiger partial charge in [-0.15, -0.1) is 0 Å². The number of hydrogen-bond donors (Lipinski definition) is 0. The van der Waals surface area contributed by atoms with Crippen LogP contribution in [0.5, 0.6) is 0 Å². The predicted molar refractivity (Wildman–Crippen MR) is 55.2 cm³/mol. The van der Waals surface area contributed by atoms with Crippen molar-refractivity contribution >= 4 is 11.8 Å². The summed E-state index contributed by atoms with van der Waals surface area (Å²) in [6, 6.07) is 0. The molecule has 2 atom stereocenters. The Hall–Kier alpha value is -1.12. The molecule has 0 aromatic rings. The van der Waals surface area contributed by atoms with Crippen LogP contribution in [0.25, 0.3) is 0 Å². The normalized spacial score (nSPS) is 34.7. The molecule has 0 aliphatic heterocycles. The lowest BCUT2D eigenvalue weighted by Crippen LogP contribution is -2.34. The molecular weight excluding hydrogens is 192 g/mol. The fourth-order valence-electron chi connectivity index (χ4n) is 2.69. The SMILES string of the molecule is CC(=O)O[C@H]1CCC2=CC(=O)CC[C@]21C. The minimum atomic E-state index is -0.223. The molecule has 0 N–H and O–H groups in total. The van der Waals surface area contributed by atoms with Gasteiger partial charge < -0.3 is 4.74 Å². The van der Waals surface area contributed by atoms with Crippen LogP contribution in [0.3, 0.4) is 0 Å². The van der Waals surface area contributed by atoms with Crippen LogP contribution in [0, 0.1) is 5.41 Å². The summed E-state index contributed by atoms with van der Waals surface area (Å²) in [5.74, 6) is -0.00896. The zero-order chi connectivity index (χ0) is 11.1. The van der Waals surface area contributed by atoms with Crippen LogP contribution in [-0.2, 0) is 14.3 Å². The van der Waals surface area contributed by atoms with Crippen LogP contribution in [-0.4, -0.2) is 17.9 Å². The molecule has 0 heterocycles. The van der Waals surface area contributed by atoms with E-state index in [0.29, 0.717) is 6.42 Å². The van der Waals surface area contributed by atoms with Gasteiger partial charge in [0.05, 0.1) is 0 Å². The van der Waals surface area contributed by atoms with Crippen molar-refractivity contribution in [2.24, 2.45) is 5.41 Å². The molecule has 0 saturated heterocycles. The minimum absolute atomic E-state index is 0.0330. The molecule has 2 aliphatic carbocycles. The first kappa shape index (κ1) is 10.4. The Morgan fingerprint density at radius 3 is 2.93 bits per heavy atom. The number of carbonyl (C=O) groups is 2. The molecule has 0 unspecified atom stereocenters. The lowest BCUT2D eigenvalue weighted by Gasteiger charge is -2.34. The number of hydrogen-bond acceptors (Lipinski definition) is 3. The largest absolute Gasteiger partial charge is 0.462 e. The van der Waals surface area contributed by atoms with Gasteiger partial charge in [0.1, 0.15) is 6.10 Å². The van der Waals surface area contributed by atoms with Gasteiger partial charge >= 0.3 is 5.97 Å². The van der Waals surface area contributed by atoms with E-state index in [1.807, 2.05) is 0 Å². The third-order valence-corrected chi connectivity index (χ3v) is 3.65.